The van der Waals surface area contributed by atoms with Crippen LogP contribution in [0.3, 0.4) is 0 Å². The van der Waals surface area contributed by atoms with Gasteiger partial charge in [-0.15, -0.1) is 0 Å². The Morgan fingerprint density at radius 3 is 2.55 bits per heavy atom. The first-order chi connectivity index (χ1) is 9.50. The summed E-state index contributed by atoms with van der Waals surface area (Å²) < 4.78 is 5.26. The van der Waals surface area contributed by atoms with Gasteiger partial charge in [-0.05, 0) is 24.5 Å². The molecule has 1 saturated carbocycles. The van der Waals surface area contributed by atoms with Gasteiger partial charge in [0.15, 0.2) is 0 Å². The Morgan fingerprint density at radius 2 is 1.90 bits per heavy atom. The van der Waals surface area contributed by atoms with Crippen LogP contribution in [-0.2, 0) is 9.53 Å². The lowest BCUT2D eigenvalue weighted by atomic mass is 9.83. The van der Waals surface area contributed by atoms with Gasteiger partial charge in [0.2, 0.25) is 0 Å². The van der Waals surface area contributed by atoms with Crippen molar-refractivity contribution in [1.82, 2.24) is 0 Å². The van der Waals surface area contributed by atoms with Gasteiger partial charge in [-0.2, -0.15) is 0 Å². The lowest BCUT2D eigenvalue weighted by Gasteiger charge is -2.33. The fourth-order valence-electron chi connectivity index (χ4n) is 3.00. The van der Waals surface area contributed by atoms with Crippen molar-refractivity contribution >= 4 is 5.97 Å². The van der Waals surface area contributed by atoms with Crippen LogP contribution >= 0.6 is 0 Å². The second-order valence-electron chi connectivity index (χ2n) is 5.97. The Bertz CT molecular complexity index is 372. The van der Waals surface area contributed by atoms with E-state index in [9.17, 15) is 20.1 Å². The minimum atomic E-state index is -1.02. The van der Waals surface area contributed by atoms with Crippen LogP contribution in [0, 0.1) is 11.8 Å². The Balaban J connectivity index is 1.89. The molecule has 5 nitrogen and oxygen atoms in total. The van der Waals surface area contributed by atoms with Gasteiger partial charge in [0.1, 0.15) is 6.61 Å². The summed E-state index contributed by atoms with van der Waals surface area (Å²) in [6.45, 7) is 1.65. The van der Waals surface area contributed by atoms with Crippen LogP contribution in [0.25, 0.3) is 0 Å². The van der Waals surface area contributed by atoms with E-state index in [0.717, 1.165) is 25.7 Å². The fraction of sp³-hybridized carbons (Fsp3) is 0.800. The molecule has 2 aliphatic rings. The molecular formula is C15H24O5. The number of hydrogen-bond acceptors (Lipinski definition) is 5. The molecule has 0 heterocycles. The van der Waals surface area contributed by atoms with Crippen molar-refractivity contribution in [1.29, 1.82) is 0 Å². The van der Waals surface area contributed by atoms with Crippen molar-refractivity contribution in [3.05, 3.63) is 11.6 Å². The van der Waals surface area contributed by atoms with E-state index in [1.807, 2.05) is 0 Å². The molecular weight excluding hydrogens is 260 g/mol. The van der Waals surface area contributed by atoms with Gasteiger partial charge in [-0.25, -0.2) is 0 Å². The lowest BCUT2D eigenvalue weighted by Crippen LogP contribution is -2.43. The molecule has 0 aromatic heterocycles. The molecule has 3 N–H and O–H groups in total. The van der Waals surface area contributed by atoms with Gasteiger partial charge < -0.3 is 20.1 Å². The maximum Gasteiger partial charge on any atom is 0.309 e. The third kappa shape index (κ3) is 3.40. The Labute approximate surface area is 119 Å². The molecule has 0 unspecified atom stereocenters. The molecule has 0 aliphatic heterocycles. The van der Waals surface area contributed by atoms with Gasteiger partial charge in [-0.3, -0.25) is 4.79 Å². The molecule has 0 radical (unpaired) electrons. The molecule has 0 bridgehead atoms. The van der Waals surface area contributed by atoms with Crippen LogP contribution in [0.1, 0.15) is 39.0 Å². The largest absolute Gasteiger partial charge is 0.461 e. The Hall–Kier alpha value is -0.910. The van der Waals surface area contributed by atoms with E-state index in [1.165, 1.54) is 12.5 Å². The molecule has 0 aromatic carbocycles. The maximum absolute atomic E-state index is 11.9. The fourth-order valence-corrected chi connectivity index (χ4v) is 3.00. The third-order valence-corrected chi connectivity index (χ3v) is 4.47. The smallest absolute Gasteiger partial charge is 0.309 e. The van der Waals surface area contributed by atoms with Crippen LogP contribution < -0.4 is 0 Å². The summed E-state index contributed by atoms with van der Waals surface area (Å²) in [6, 6.07) is 0. The van der Waals surface area contributed by atoms with E-state index < -0.39 is 24.2 Å². The summed E-state index contributed by atoms with van der Waals surface area (Å²) >= 11 is 0. The van der Waals surface area contributed by atoms with E-state index in [2.05, 4.69) is 0 Å². The van der Waals surface area contributed by atoms with Crippen LogP contribution in [0.4, 0.5) is 0 Å². The molecule has 0 amide bonds. The number of hydrogen-bond donors (Lipinski definition) is 3. The zero-order chi connectivity index (χ0) is 14.7. The van der Waals surface area contributed by atoms with Crippen molar-refractivity contribution in [2.24, 2.45) is 11.8 Å². The van der Waals surface area contributed by atoms with Crippen molar-refractivity contribution in [2.75, 3.05) is 6.61 Å². The Kier molecular flexibility index (Phi) is 5.18. The highest BCUT2D eigenvalue weighted by Gasteiger charge is 2.35. The van der Waals surface area contributed by atoms with E-state index in [1.54, 1.807) is 6.92 Å². The predicted octanol–water partition coefficient (Wildman–Crippen LogP) is 0.769. The quantitative estimate of drug-likeness (QED) is 0.526. The summed E-state index contributed by atoms with van der Waals surface area (Å²) in [5, 5.41) is 29.3. The SMILES string of the molecule is C[C@H]1[C@@H](O)[C@H](O)C=C(COC(=O)C2CCCCC2)[C@@H]1O. The van der Waals surface area contributed by atoms with Gasteiger partial charge >= 0.3 is 5.97 Å². The van der Waals surface area contributed by atoms with Crippen LogP contribution in [0.2, 0.25) is 0 Å². The molecule has 4 atom stereocenters. The number of esters is 1. The van der Waals surface area contributed by atoms with Crippen molar-refractivity contribution in [2.45, 2.75) is 57.3 Å². The standard InChI is InChI=1S/C15H24O5/c1-9-13(17)11(7-12(16)14(9)18)8-20-15(19)10-5-3-2-4-6-10/h7,9-10,12-14,16-18H,2-6,8H2,1H3/t9-,12-,13-,14-/m1/s1. The van der Waals surface area contributed by atoms with Gasteiger partial charge in [0.25, 0.3) is 0 Å². The minimum absolute atomic E-state index is 0.00931. The summed E-state index contributed by atoms with van der Waals surface area (Å²) in [5.41, 5.74) is 0.472. The van der Waals surface area contributed by atoms with Gasteiger partial charge in [-0.1, -0.05) is 26.2 Å². The first-order valence-corrected chi connectivity index (χ1v) is 7.42. The van der Waals surface area contributed by atoms with Crippen molar-refractivity contribution in [3.8, 4) is 0 Å². The summed E-state index contributed by atoms with van der Waals surface area (Å²) in [6.07, 6.45) is 3.56. The molecule has 1 fully saturated rings. The highest BCUT2D eigenvalue weighted by molar-refractivity contribution is 5.72. The van der Waals surface area contributed by atoms with E-state index >= 15 is 0 Å². The molecule has 114 valence electrons. The number of aliphatic hydroxyl groups excluding tert-OH is 3. The number of rotatable bonds is 3. The number of carbonyl (C=O) groups excluding carboxylic acids is 1. The zero-order valence-corrected chi connectivity index (χ0v) is 11.9. The monoisotopic (exact) mass is 284 g/mol. The van der Waals surface area contributed by atoms with Gasteiger partial charge in [0, 0.05) is 5.92 Å². The minimum Gasteiger partial charge on any atom is -0.461 e. The first kappa shape index (κ1) is 15.5. The van der Waals surface area contributed by atoms with Gasteiger partial charge in [0.05, 0.1) is 24.2 Å². The van der Waals surface area contributed by atoms with E-state index in [4.69, 9.17) is 4.74 Å². The van der Waals surface area contributed by atoms with E-state index in [-0.39, 0.29) is 18.5 Å². The lowest BCUT2D eigenvalue weighted by molar-refractivity contribution is -0.149. The molecule has 5 heteroatoms. The molecule has 20 heavy (non-hydrogen) atoms. The molecule has 2 rings (SSSR count). The highest BCUT2D eigenvalue weighted by atomic mass is 16.5. The molecule has 0 aromatic rings. The molecule has 0 saturated heterocycles. The van der Waals surface area contributed by atoms with Crippen molar-refractivity contribution < 1.29 is 24.9 Å². The average Bonchev–Trinajstić information content (AvgIpc) is 2.48. The molecule has 0 spiro atoms. The molecule has 2 aliphatic carbocycles. The third-order valence-electron chi connectivity index (χ3n) is 4.47. The van der Waals surface area contributed by atoms with Crippen molar-refractivity contribution in [3.63, 3.8) is 0 Å². The normalized spacial score (nSPS) is 35.5. The zero-order valence-electron chi connectivity index (χ0n) is 11.9. The first-order valence-electron chi connectivity index (χ1n) is 7.42. The van der Waals surface area contributed by atoms with E-state index in [0.29, 0.717) is 5.57 Å². The average molecular weight is 284 g/mol. The summed E-state index contributed by atoms with van der Waals surface area (Å²) in [4.78, 5) is 11.9. The highest BCUT2D eigenvalue weighted by Crippen LogP contribution is 2.27. The topological polar surface area (TPSA) is 87.0 Å². The second-order valence-corrected chi connectivity index (χ2v) is 5.97. The predicted molar refractivity (Wildman–Crippen MR) is 72.8 cm³/mol. The second kappa shape index (κ2) is 6.70. The van der Waals surface area contributed by atoms with Crippen LogP contribution in [0.5, 0.6) is 0 Å². The van der Waals surface area contributed by atoms with Crippen LogP contribution in [0.15, 0.2) is 11.6 Å². The van der Waals surface area contributed by atoms with Crippen LogP contribution in [-0.4, -0.2) is 46.2 Å². The summed E-state index contributed by atoms with van der Waals surface area (Å²) in [7, 11) is 0. The number of aliphatic hydroxyl groups is 3. The maximum atomic E-state index is 11.9. The number of carbonyl (C=O) groups is 1. The number of ether oxygens (including phenoxy) is 1. The Morgan fingerprint density at radius 1 is 1.25 bits per heavy atom. The summed E-state index contributed by atoms with van der Waals surface area (Å²) in [5.74, 6) is -0.720.